The number of halogens is 1. The number of nitrogens with zero attached hydrogens (tertiary/aromatic N) is 1. The first kappa shape index (κ1) is 9.52. The van der Waals surface area contributed by atoms with Gasteiger partial charge in [-0.3, -0.25) is 0 Å². The summed E-state index contributed by atoms with van der Waals surface area (Å²) >= 11 is 6.12. The van der Waals surface area contributed by atoms with Gasteiger partial charge in [-0.2, -0.15) is 0 Å². The van der Waals surface area contributed by atoms with Crippen LogP contribution in [-0.4, -0.2) is 17.6 Å². The summed E-state index contributed by atoms with van der Waals surface area (Å²) in [5.74, 6) is -0.0270. The van der Waals surface area contributed by atoms with E-state index >= 15 is 0 Å². The van der Waals surface area contributed by atoms with Crippen LogP contribution in [-0.2, 0) is 9.61 Å². The van der Waals surface area contributed by atoms with Crippen LogP contribution in [0.4, 0.5) is 0 Å². The predicted molar refractivity (Wildman–Crippen MR) is 49.2 cm³/mol. The fourth-order valence-corrected chi connectivity index (χ4v) is 1.47. The Labute approximate surface area is 86.2 Å². The molecule has 1 heterocycles. The third kappa shape index (κ3) is 1.50. The molecule has 4 nitrogen and oxygen atoms in total. The van der Waals surface area contributed by atoms with Gasteiger partial charge >= 0.3 is 5.97 Å². The highest BCUT2D eigenvalue weighted by atomic mass is 35.5. The van der Waals surface area contributed by atoms with Crippen molar-refractivity contribution in [3.63, 3.8) is 0 Å². The molecule has 0 amide bonds. The fourth-order valence-electron chi connectivity index (χ4n) is 1.25. The van der Waals surface area contributed by atoms with E-state index in [-0.39, 0.29) is 5.69 Å². The SMILES string of the molecule is CCOC(=O)c1ncoc1C1(Cl)CC1. The molecule has 0 atom stereocenters. The minimum Gasteiger partial charge on any atom is -0.461 e. The Kier molecular flexibility index (Phi) is 2.23. The number of alkyl halides is 1. The Morgan fingerprint density at radius 2 is 2.50 bits per heavy atom. The molecule has 0 saturated heterocycles. The summed E-state index contributed by atoms with van der Waals surface area (Å²) in [7, 11) is 0. The first-order chi connectivity index (χ1) is 6.67. The maximum atomic E-state index is 11.4. The standard InChI is InChI=1S/C9H10ClNO3/c1-2-13-8(12)6-7(14-5-11-6)9(10)3-4-9/h5H,2-4H2,1H3. The van der Waals surface area contributed by atoms with Gasteiger partial charge in [-0.05, 0) is 19.8 Å². The Balaban J connectivity index is 2.25. The third-order valence-electron chi connectivity index (χ3n) is 2.13. The van der Waals surface area contributed by atoms with Crippen LogP contribution in [0.2, 0.25) is 0 Å². The normalized spacial score (nSPS) is 17.9. The number of hydrogen-bond donors (Lipinski definition) is 0. The van der Waals surface area contributed by atoms with E-state index in [1.807, 2.05) is 0 Å². The van der Waals surface area contributed by atoms with Gasteiger partial charge in [-0.1, -0.05) is 0 Å². The number of hydrogen-bond acceptors (Lipinski definition) is 4. The van der Waals surface area contributed by atoms with Crippen molar-refractivity contribution in [2.24, 2.45) is 0 Å². The number of esters is 1. The Morgan fingerprint density at radius 1 is 1.79 bits per heavy atom. The molecule has 1 aliphatic rings. The van der Waals surface area contributed by atoms with E-state index in [0.717, 1.165) is 12.8 Å². The molecule has 0 radical (unpaired) electrons. The molecule has 14 heavy (non-hydrogen) atoms. The largest absolute Gasteiger partial charge is 0.461 e. The van der Waals surface area contributed by atoms with Crippen LogP contribution in [0.5, 0.6) is 0 Å². The molecule has 1 aromatic heterocycles. The van der Waals surface area contributed by atoms with Crippen LogP contribution in [0.1, 0.15) is 36.0 Å². The van der Waals surface area contributed by atoms with Crippen molar-refractivity contribution < 1.29 is 13.9 Å². The third-order valence-corrected chi connectivity index (χ3v) is 2.68. The Hall–Kier alpha value is -1.03. The highest BCUT2D eigenvalue weighted by molar-refractivity contribution is 6.26. The first-order valence-corrected chi connectivity index (χ1v) is 4.85. The van der Waals surface area contributed by atoms with Gasteiger partial charge in [0.25, 0.3) is 0 Å². The van der Waals surface area contributed by atoms with E-state index in [9.17, 15) is 4.79 Å². The van der Waals surface area contributed by atoms with Gasteiger partial charge in [0.05, 0.1) is 6.61 Å². The number of aromatic nitrogens is 1. The number of oxazole rings is 1. The summed E-state index contributed by atoms with van der Waals surface area (Å²) in [5.41, 5.74) is 0.208. The zero-order chi connectivity index (χ0) is 10.2. The van der Waals surface area contributed by atoms with Crippen molar-refractivity contribution >= 4 is 17.6 Å². The quantitative estimate of drug-likeness (QED) is 0.572. The molecule has 76 valence electrons. The summed E-state index contributed by atoms with van der Waals surface area (Å²) in [4.78, 5) is 14.7. The highest BCUT2D eigenvalue weighted by Crippen LogP contribution is 2.52. The molecule has 0 aromatic carbocycles. The second kappa shape index (κ2) is 3.28. The lowest BCUT2D eigenvalue weighted by Gasteiger charge is -2.03. The smallest absolute Gasteiger partial charge is 0.360 e. The summed E-state index contributed by atoms with van der Waals surface area (Å²) in [6.45, 7) is 2.06. The molecule has 1 saturated carbocycles. The van der Waals surface area contributed by atoms with E-state index in [1.54, 1.807) is 6.92 Å². The zero-order valence-corrected chi connectivity index (χ0v) is 8.50. The van der Waals surface area contributed by atoms with Gasteiger partial charge in [0.1, 0.15) is 4.87 Å². The van der Waals surface area contributed by atoms with E-state index in [4.69, 9.17) is 20.8 Å². The van der Waals surface area contributed by atoms with E-state index in [1.165, 1.54) is 6.39 Å². The van der Waals surface area contributed by atoms with Crippen LogP contribution >= 0.6 is 11.6 Å². The average molecular weight is 216 g/mol. The molecule has 0 bridgehead atoms. The van der Waals surface area contributed by atoms with Crippen molar-refractivity contribution in [2.45, 2.75) is 24.6 Å². The van der Waals surface area contributed by atoms with Crippen molar-refractivity contribution in [3.05, 3.63) is 17.8 Å². The van der Waals surface area contributed by atoms with Crippen LogP contribution in [0.25, 0.3) is 0 Å². The van der Waals surface area contributed by atoms with Gasteiger partial charge in [-0.25, -0.2) is 9.78 Å². The molecule has 2 rings (SSSR count). The minimum absolute atomic E-state index is 0.208. The maximum absolute atomic E-state index is 11.4. The minimum atomic E-state index is -0.515. The van der Waals surface area contributed by atoms with Gasteiger partial charge < -0.3 is 9.15 Å². The van der Waals surface area contributed by atoms with Gasteiger partial charge in [0, 0.05) is 0 Å². The molecular formula is C9H10ClNO3. The van der Waals surface area contributed by atoms with Gasteiger partial charge in [0.2, 0.25) is 0 Å². The average Bonchev–Trinajstić information content (AvgIpc) is 2.72. The van der Waals surface area contributed by atoms with E-state index in [0.29, 0.717) is 12.4 Å². The van der Waals surface area contributed by atoms with Crippen molar-refractivity contribution in [1.82, 2.24) is 4.98 Å². The molecule has 1 fully saturated rings. The molecule has 5 heteroatoms. The molecule has 1 aliphatic carbocycles. The van der Waals surface area contributed by atoms with Crippen molar-refractivity contribution in [2.75, 3.05) is 6.61 Å². The van der Waals surface area contributed by atoms with Gasteiger partial charge in [-0.15, -0.1) is 11.6 Å². The van der Waals surface area contributed by atoms with Crippen LogP contribution < -0.4 is 0 Å². The first-order valence-electron chi connectivity index (χ1n) is 4.47. The Morgan fingerprint density at radius 3 is 3.07 bits per heavy atom. The lowest BCUT2D eigenvalue weighted by atomic mass is 10.2. The Bertz CT molecular complexity index is 357. The number of rotatable bonds is 3. The number of ether oxygens (including phenoxy) is 1. The molecule has 0 spiro atoms. The topological polar surface area (TPSA) is 52.3 Å². The van der Waals surface area contributed by atoms with Gasteiger partial charge in [0.15, 0.2) is 17.8 Å². The van der Waals surface area contributed by atoms with Crippen molar-refractivity contribution in [1.29, 1.82) is 0 Å². The number of carbonyl (C=O) groups excluding carboxylic acids is 1. The summed E-state index contributed by atoms with van der Waals surface area (Å²) in [6, 6.07) is 0. The lowest BCUT2D eigenvalue weighted by molar-refractivity contribution is 0.0517. The predicted octanol–water partition coefficient (Wildman–Crippen LogP) is 2.08. The highest BCUT2D eigenvalue weighted by Gasteiger charge is 2.48. The second-order valence-corrected chi connectivity index (χ2v) is 3.94. The van der Waals surface area contributed by atoms with Crippen LogP contribution in [0, 0.1) is 0 Å². The van der Waals surface area contributed by atoms with Crippen LogP contribution in [0.3, 0.4) is 0 Å². The molecule has 0 unspecified atom stereocenters. The zero-order valence-electron chi connectivity index (χ0n) is 7.75. The van der Waals surface area contributed by atoms with Crippen molar-refractivity contribution in [3.8, 4) is 0 Å². The summed E-state index contributed by atoms with van der Waals surface area (Å²) < 4.78 is 9.94. The second-order valence-electron chi connectivity index (χ2n) is 3.22. The monoisotopic (exact) mass is 215 g/mol. The maximum Gasteiger partial charge on any atom is 0.360 e. The van der Waals surface area contributed by atoms with E-state index < -0.39 is 10.8 Å². The van der Waals surface area contributed by atoms with E-state index in [2.05, 4.69) is 4.98 Å². The summed E-state index contributed by atoms with van der Waals surface area (Å²) in [5, 5.41) is 0. The number of carbonyl (C=O) groups is 1. The molecule has 0 N–H and O–H groups in total. The lowest BCUT2D eigenvalue weighted by Crippen LogP contribution is -2.10. The molecule has 1 aromatic rings. The fraction of sp³-hybridized carbons (Fsp3) is 0.556. The summed E-state index contributed by atoms with van der Waals surface area (Å²) in [6.07, 6.45) is 2.86. The van der Waals surface area contributed by atoms with Crippen LogP contribution in [0.15, 0.2) is 10.8 Å². The molecule has 0 aliphatic heterocycles. The molecular weight excluding hydrogens is 206 g/mol.